The minimum atomic E-state index is -0.434. The molecule has 0 unspecified atom stereocenters. The number of carbonyl (C=O) groups excluding carboxylic acids is 2. The number of piperazine rings is 1. The third-order valence-electron chi connectivity index (χ3n) is 3.93. The van der Waals surface area contributed by atoms with Crippen LogP contribution >= 0.6 is 0 Å². The molecule has 2 amide bonds. The average Bonchev–Trinajstić information content (AvgIpc) is 3.09. The molecule has 0 atom stereocenters. The molecule has 1 saturated heterocycles. The van der Waals surface area contributed by atoms with E-state index >= 15 is 0 Å². The molecule has 0 radical (unpaired) electrons. The van der Waals surface area contributed by atoms with Crippen molar-refractivity contribution in [3.8, 4) is 5.75 Å². The zero-order valence-corrected chi connectivity index (χ0v) is 14.1. The number of anilines is 1. The fourth-order valence-electron chi connectivity index (χ4n) is 2.68. The van der Waals surface area contributed by atoms with Crippen LogP contribution in [0.3, 0.4) is 0 Å². The molecule has 0 saturated carbocycles. The van der Waals surface area contributed by atoms with Crippen LogP contribution in [-0.2, 0) is 11.3 Å². The van der Waals surface area contributed by atoms with Gasteiger partial charge < -0.3 is 19.5 Å². The molecule has 1 aromatic carbocycles. The van der Waals surface area contributed by atoms with Crippen LogP contribution in [0, 0.1) is 0 Å². The largest absolute Gasteiger partial charge is 0.495 e. The first-order chi connectivity index (χ1) is 12.1. The van der Waals surface area contributed by atoms with E-state index in [2.05, 4.69) is 15.5 Å². The third-order valence-corrected chi connectivity index (χ3v) is 3.93. The van der Waals surface area contributed by atoms with E-state index in [4.69, 9.17) is 9.26 Å². The van der Waals surface area contributed by atoms with Crippen LogP contribution in [0.1, 0.15) is 16.5 Å². The number of hydrogen-bond acceptors (Lipinski definition) is 7. The summed E-state index contributed by atoms with van der Waals surface area (Å²) in [6.45, 7) is 1.74. The molecule has 1 N–H and O–H groups in total. The maximum Gasteiger partial charge on any atom is 0.315 e. The molecule has 25 heavy (non-hydrogen) atoms. The van der Waals surface area contributed by atoms with Crippen LogP contribution in [0.4, 0.5) is 5.69 Å². The lowest BCUT2D eigenvalue weighted by Gasteiger charge is -2.34. The summed E-state index contributed by atoms with van der Waals surface area (Å²) in [5.74, 6) is 0.480. The second-order valence-corrected chi connectivity index (χ2v) is 5.52. The molecule has 1 aliphatic rings. The highest BCUT2D eigenvalue weighted by molar-refractivity contribution is 5.96. The number of nitrogens with zero attached hydrogens (tertiary/aromatic N) is 4. The van der Waals surface area contributed by atoms with E-state index in [0.29, 0.717) is 31.2 Å². The summed E-state index contributed by atoms with van der Waals surface area (Å²) in [6, 6.07) is 7.43. The quantitative estimate of drug-likeness (QED) is 0.831. The highest BCUT2D eigenvalue weighted by Crippen LogP contribution is 2.28. The van der Waals surface area contributed by atoms with E-state index in [-0.39, 0.29) is 18.3 Å². The molecule has 2 aromatic rings. The van der Waals surface area contributed by atoms with Crippen molar-refractivity contribution in [1.82, 2.24) is 20.4 Å². The summed E-state index contributed by atoms with van der Waals surface area (Å²) in [5.41, 5.74) is 0.760. The number of hydrogen-bond donors (Lipinski definition) is 1. The van der Waals surface area contributed by atoms with Gasteiger partial charge in [-0.1, -0.05) is 17.3 Å². The molecule has 132 valence electrons. The van der Waals surface area contributed by atoms with Gasteiger partial charge in [-0.05, 0) is 12.1 Å². The lowest BCUT2D eigenvalue weighted by Crippen LogP contribution is -2.50. The lowest BCUT2D eigenvalue weighted by atomic mass is 10.2. The topological polar surface area (TPSA) is 101 Å². The number of carbonyl (C=O) groups is 2. The lowest BCUT2D eigenvalue weighted by molar-refractivity contribution is -0.121. The van der Waals surface area contributed by atoms with Gasteiger partial charge in [-0.15, -0.1) is 0 Å². The van der Waals surface area contributed by atoms with Crippen molar-refractivity contribution >= 4 is 17.5 Å². The van der Waals surface area contributed by atoms with Crippen LogP contribution in [0.25, 0.3) is 0 Å². The van der Waals surface area contributed by atoms with Gasteiger partial charge in [-0.3, -0.25) is 14.5 Å². The molecule has 9 nitrogen and oxygen atoms in total. The molecule has 1 aromatic heterocycles. The zero-order valence-electron chi connectivity index (χ0n) is 14.1. The normalized spacial score (nSPS) is 15.3. The van der Waals surface area contributed by atoms with E-state index in [1.165, 1.54) is 7.05 Å². The molecular weight excluding hydrogens is 326 g/mol. The number of benzene rings is 1. The number of para-hydroxylation sites is 2. The van der Waals surface area contributed by atoms with Gasteiger partial charge in [0.1, 0.15) is 5.75 Å². The van der Waals surface area contributed by atoms with Crippen molar-refractivity contribution in [3.05, 3.63) is 36.0 Å². The van der Waals surface area contributed by atoms with E-state index in [1.807, 2.05) is 29.2 Å². The number of nitrogens with one attached hydrogen (secondary N) is 1. The summed E-state index contributed by atoms with van der Waals surface area (Å²) in [6.07, 6.45) is 0. The number of amides is 2. The Hall–Kier alpha value is -2.94. The van der Waals surface area contributed by atoms with Crippen molar-refractivity contribution < 1.29 is 18.8 Å². The first kappa shape index (κ1) is 16.9. The van der Waals surface area contributed by atoms with Crippen LogP contribution in [0.2, 0.25) is 0 Å². The van der Waals surface area contributed by atoms with E-state index in [9.17, 15) is 9.59 Å². The van der Waals surface area contributed by atoms with E-state index in [1.54, 1.807) is 12.0 Å². The Kier molecular flexibility index (Phi) is 4.94. The first-order valence-corrected chi connectivity index (χ1v) is 7.82. The minimum absolute atomic E-state index is 0.0363. The predicted octanol–water partition coefficient (Wildman–Crippen LogP) is 0.287. The van der Waals surface area contributed by atoms with Crippen LogP contribution in [-0.4, -0.2) is 60.6 Å². The molecule has 2 heterocycles. The molecule has 9 heteroatoms. The minimum Gasteiger partial charge on any atom is -0.495 e. The molecule has 0 aliphatic carbocycles. The van der Waals surface area contributed by atoms with Crippen molar-refractivity contribution in [2.24, 2.45) is 0 Å². The Bertz CT molecular complexity index is 775. The summed E-state index contributed by atoms with van der Waals surface area (Å²) in [7, 11) is 3.07. The fraction of sp³-hybridized carbons (Fsp3) is 0.375. The maximum absolute atomic E-state index is 12.5. The number of methoxy groups -OCH3 is 1. The van der Waals surface area contributed by atoms with Gasteiger partial charge in [0.05, 0.1) is 25.9 Å². The number of ether oxygens (including phenoxy) is 1. The summed E-state index contributed by atoms with van der Waals surface area (Å²) < 4.78 is 10.2. The van der Waals surface area contributed by atoms with E-state index in [0.717, 1.165) is 5.69 Å². The van der Waals surface area contributed by atoms with Crippen LogP contribution < -0.4 is 15.0 Å². The Labute approximate surface area is 144 Å². The van der Waals surface area contributed by atoms with Crippen LogP contribution in [0.15, 0.2) is 28.8 Å². The standard InChI is InChI=1S/C16H19N5O4/c1-17-15(23)16-18-13(19-25-16)9-20-7-8-21(14(22)10-20)11-5-3-4-6-12(11)24-2/h3-6H,7-10H2,1-2H3,(H,17,23). The highest BCUT2D eigenvalue weighted by atomic mass is 16.5. The van der Waals surface area contributed by atoms with Gasteiger partial charge in [0, 0.05) is 20.1 Å². The smallest absolute Gasteiger partial charge is 0.315 e. The Morgan fingerprint density at radius 1 is 1.36 bits per heavy atom. The van der Waals surface area contributed by atoms with Crippen LogP contribution in [0.5, 0.6) is 5.75 Å². The summed E-state index contributed by atoms with van der Waals surface area (Å²) >= 11 is 0. The average molecular weight is 345 g/mol. The Balaban J connectivity index is 1.65. The van der Waals surface area contributed by atoms with Gasteiger partial charge >= 0.3 is 11.8 Å². The van der Waals surface area contributed by atoms with E-state index < -0.39 is 5.91 Å². The van der Waals surface area contributed by atoms with Crippen molar-refractivity contribution in [2.75, 3.05) is 38.7 Å². The summed E-state index contributed by atoms with van der Waals surface area (Å²) in [5, 5.41) is 6.19. The first-order valence-electron chi connectivity index (χ1n) is 7.82. The van der Waals surface area contributed by atoms with Gasteiger partial charge in [-0.25, -0.2) is 0 Å². The zero-order chi connectivity index (χ0) is 17.8. The second-order valence-electron chi connectivity index (χ2n) is 5.52. The van der Waals surface area contributed by atoms with Gasteiger partial charge in [-0.2, -0.15) is 4.98 Å². The van der Waals surface area contributed by atoms with Gasteiger partial charge in [0.2, 0.25) is 5.91 Å². The SMILES string of the molecule is CNC(=O)c1nc(CN2CCN(c3ccccc3OC)C(=O)C2)no1. The van der Waals surface area contributed by atoms with Gasteiger partial charge in [0.15, 0.2) is 5.82 Å². The van der Waals surface area contributed by atoms with Crippen molar-refractivity contribution in [2.45, 2.75) is 6.54 Å². The maximum atomic E-state index is 12.5. The summed E-state index contributed by atoms with van der Waals surface area (Å²) in [4.78, 5) is 31.6. The highest BCUT2D eigenvalue weighted by Gasteiger charge is 2.28. The molecule has 1 fully saturated rings. The Morgan fingerprint density at radius 2 is 2.16 bits per heavy atom. The van der Waals surface area contributed by atoms with Crippen molar-refractivity contribution in [3.63, 3.8) is 0 Å². The molecule has 3 rings (SSSR count). The predicted molar refractivity (Wildman–Crippen MR) is 88.3 cm³/mol. The monoisotopic (exact) mass is 345 g/mol. The Morgan fingerprint density at radius 3 is 2.88 bits per heavy atom. The number of aromatic nitrogens is 2. The fourth-order valence-corrected chi connectivity index (χ4v) is 2.68. The molecular formula is C16H19N5O4. The van der Waals surface area contributed by atoms with Gasteiger partial charge in [0.25, 0.3) is 0 Å². The third kappa shape index (κ3) is 3.61. The molecule has 0 spiro atoms. The second kappa shape index (κ2) is 7.31. The molecule has 0 bridgehead atoms. The number of rotatable bonds is 5. The van der Waals surface area contributed by atoms with Crippen molar-refractivity contribution in [1.29, 1.82) is 0 Å². The molecule has 1 aliphatic heterocycles.